The summed E-state index contributed by atoms with van der Waals surface area (Å²) in [5.74, 6) is -1.89. The van der Waals surface area contributed by atoms with Crippen LogP contribution in [0.5, 0.6) is 0 Å². The van der Waals surface area contributed by atoms with E-state index in [4.69, 9.17) is 0 Å². The molecule has 78 valence electrons. The van der Waals surface area contributed by atoms with Gasteiger partial charge in [-0.15, -0.1) is 0 Å². The monoisotopic (exact) mass is 286 g/mol. The summed E-state index contributed by atoms with van der Waals surface area (Å²) in [5, 5.41) is 4.61. The second-order valence-corrected chi connectivity index (χ2v) is 4.46. The minimum Gasteiger partial charge on any atom is -0.268 e. The van der Waals surface area contributed by atoms with Crippen LogP contribution in [0.15, 0.2) is 16.6 Å². The second-order valence-electron chi connectivity index (χ2n) is 2.37. The Morgan fingerprint density at radius 1 is 1.36 bits per heavy atom. The number of nitrogens with one attached hydrogen (secondary N) is 1. The molecule has 3 N–H and O–H groups in total. The lowest BCUT2D eigenvalue weighted by atomic mass is 10.3. The highest BCUT2D eigenvalue weighted by atomic mass is 79.9. The van der Waals surface area contributed by atoms with Crippen LogP contribution in [0.25, 0.3) is 0 Å². The Morgan fingerprint density at radius 3 is 2.43 bits per heavy atom. The first-order valence-electron chi connectivity index (χ1n) is 3.25. The third-order valence-corrected chi connectivity index (χ3v) is 2.52. The van der Waals surface area contributed by atoms with Crippen LogP contribution < -0.4 is 9.86 Å². The molecule has 0 atom stereocenters. The van der Waals surface area contributed by atoms with Gasteiger partial charge >= 0.3 is 0 Å². The van der Waals surface area contributed by atoms with E-state index in [9.17, 15) is 17.2 Å². The molecule has 0 saturated carbocycles. The normalized spacial score (nSPS) is 11.4. The molecule has 0 heterocycles. The first-order chi connectivity index (χ1) is 6.31. The zero-order valence-corrected chi connectivity index (χ0v) is 8.99. The van der Waals surface area contributed by atoms with Gasteiger partial charge in [0.1, 0.15) is 5.82 Å². The number of benzene rings is 1. The zero-order chi connectivity index (χ0) is 10.9. The van der Waals surface area contributed by atoms with Crippen LogP contribution in [0.4, 0.5) is 14.5 Å². The van der Waals surface area contributed by atoms with E-state index in [2.05, 4.69) is 21.1 Å². The van der Waals surface area contributed by atoms with Crippen molar-refractivity contribution in [2.24, 2.45) is 5.14 Å². The third kappa shape index (κ3) is 2.63. The summed E-state index contributed by atoms with van der Waals surface area (Å²) in [4.78, 5) is 0. The Balaban J connectivity index is 3.19. The fraction of sp³-hybridized carbons (Fsp3) is 0. The summed E-state index contributed by atoms with van der Waals surface area (Å²) in [7, 11) is -4.06. The fourth-order valence-corrected chi connectivity index (χ4v) is 1.57. The molecule has 0 unspecified atom stereocenters. The fourth-order valence-electron chi connectivity index (χ4n) is 0.758. The summed E-state index contributed by atoms with van der Waals surface area (Å²) in [6.45, 7) is 0. The molecule has 0 aromatic heterocycles. The smallest absolute Gasteiger partial charge is 0.268 e. The van der Waals surface area contributed by atoms with E-state index < -0.39 is 32.0 Å². The van der Waals surface area contributed by atoms with Crippen molar-refractivity contribution in [3.8, 4) is 0 Å². The Morgan fingerprint density at radius 2 is 1.93 bits per heavy atom. The van der Waals surface area contributed by atoms with E-state index in [0.717, 1.165) is 12.1 Å². The molecule has 0 aliphatic heterocycles. The number of rotatable bonds is 2. The third-order valence-electron chi connectivity index (χ3n) is 1.29. The van der Waals surface area contributed by atoms with Crippen LogP contribution in [0.3, 0.4) is 0 Å². The predicted octanol–water partition coefficient (Wildman–Crippen LogP) is 1.34. The van der Waals surface area contributed by atoms with Gasteiger partial charge in [-0.2, -0.15) is 8.42 Å². The molecule has 8 heteroatoms. The first kappa shape index (κ1) is 11.3. The van der Waals surface area contributed by atoms with E-state index in [1.54, 1.807) is 4.72 Å². The number of halogens is 3. The molecule has 0 fully saturated rings. The van der Waals surface area contributed by atoms with Crippen molar-refractivity contribution in [2.45, 2.75) is 0 Å². The quantitative estimate of drug-likeness (QED) is 0.806. The van der Waals surface area contributed by atoms with Crippen LogP contribution in [0, 0.1) is 11.6 Å². The molecule has 0 spiro atoms. The minimum atomic E-state index is -4.06. The van der Waals surface area contributed by atoms with Gasteiger partial charge in [0.2, 0.25) is 0 Å². The van der Waals surface area contributed by atoms with Gasteiger partial charge in [0.05, 0.1) is 10.2 Å². The number of anilines is 1. The SMILES string of the molecule is NS(=O)(=O)Nc1ccc(F)c(Br)c1F. The lowest BCUT2D eigenvalue weighted by Gasteiger charge is -2.06. The Labute approximate surface area is 87.4 Å². The Kier molecular flexibility index (Phi) is 3.07. The molecule has 14 heavy (non-hydrogen) atoms. The molecule has 0 aliphatic rings. The maximum Gasteiger partial charge on any atom is 0.296 e. The van der Waals surface area contributed by atoms with Gasteiger partial charge in [0.15, 0.2) is 5.82 Å². The van der Waals surface area contributed by atoms with Gasteiger partial charge in [-0.3, -0.25) is 4.72 Å². The Hall–Kier alpha value is -0.730. The molecule has 0 bridgehead atoms. The maximum absolute atomic E-state index is 13.1. The van der Waals surface area contributed by atoms with E-state index >= 15 is 0 Å². The van der Waals surface area contributed by atoms with Crippen molar-refractivity contribution in [3.05, 3.63) is 28.2 Å². The van der Waals surface area contributed by atoms with Crippen LogP contribution >= 0.6 is 15.9 Å². The maximum atomic E-state index is 13.1. The van der Waals surface area contributed by atoms with Gasteiger partial charge in [-0.1, -0.05) is 0 Å². The molecule has 1 aromatic rings. The average molecular weight is 287 g/mol. The molecule has 1 rings (SSSR count). The molecule has 1 aromatic carbocycles. The van der Waals surface area contributed by atoms with Gasteiger partial charge in [-0.25, -0.2) is 13.9 Å². The predicted molar refractivity (Wildman–Crippen MR) is 50.8 cm³/mol. The lowest BCUT2D eigenvalue weighted by Crippen LogP contribution is -2.22. The van der Waals surface area contributed by atoms with E-state index in [1.165, 1.54) is 0 Å². The number of nitrogens with two attached hydrogens (primary N) is 1. The van der Waals surface area contributed by atoms with Crippen LogP contribution in [-0.2, 0) is 10.2 Å². The molecule has 0 amide bonds. The Bertz CT molecular complexity index is 463. The highest BCUT2D eigenvalue weighted by Gasteiger charge is 2.13. The summed E-state index contributed by atoms with van der Waals surface area (Å²) >= 11 is 2.61. The lowest BCUT2D eigenvalue weighted by molar-refractivity contribution is 0.573. The van der Waals surface area contributed by atoms with Gasteiger partial charge in [0.25, 0.3) is 10.2 Å². The number of hydrogen-bond acceptors (Lipinski definition) is 2. The summed E-state index contributed by atoms with van der Waals surface area (Å²) in [6.07, 6.45) is 0. The van der Waals surface area contributed by atoms with E-state index in [-0.39, 0.29) is 0 Å². The van der Waals surface area contributed by atoms with Crippen molar-refractivity contribution >= 4 is 31.8 Å². The van der Waals surface area contributed by atoms with Gasteiger partial charge < -0.3 is 0 Å². The highest BCUT2D eigenvalue weighted by Crippen LogP contribution is 2.25. The average Bonchev–Trinajstić information content (AvgIpc) is 2.04. The van der Waals surface area contributed by atoms with Crippen molar-refractivity contribution < 1.29 is 17.2 Å². The van der Waals surface area contributed by atoms with E-state index in [1.807, 2.05) is 0 Å². The minimum absolute atomic E-state index is 0.416. The largest absolute Gasteiger partial charge is 0.296 e. The highest BCUT2D eigenvalue weighted by molar-refractivity contribution is 9.10. The van der Waals surface area contributed by atoms with Crippen LogP contribution in [0.2, 0.25) is 0 Å². The van der Waals surface area contributed by atoms with Crippen molar-refractivity contribution in [2.75, 3.05) is 4.72 Å². The van der Waals surface area contributed by atoms with Crippen LogP contribution in [-0.4, -0.2) is 8.42 Å². The topological polar surface area (TPSA) is 72.2 Å². The van der Waals surface area contributed by atoms with Gasteiger partial charge in [-0.05, 0) is 28.1 Å². The van der Waals surface area contributed by atoms with Crippen molar-refractivity contribution in [1.29, 1.82) is 0 Å². The molecule has 0 saturated heterocycles. The molecule has 0 aliphatic carbocycles. The van der Waals surface area contributed by atoms with Crippen molar-refractivity contribution in [3.63, 3.8) is 0 Å². The second kappa shape index (κ2) is 3.79. The molecular formula is C6H5BrF2N2O2S. The van der Waals surface area contributed by atoms with Gasteiger partial charge in [0, 0.05) is 0 Å². The summed E-state index contributed by atoms with van der Waals surface area (Å²) < 4.78 is 48.1. The zero-order valence-electron chi connectivity index (χ0n) is 6.59. The van der Waals surface area contributed by atoms with Crippen molar-refractivity contribution in [1.82, 2.24) is 0 Å². The molecular weight excluding hydrogens is 282 g/mol. The standard InChI is InChI=1S/C6H5BrF2N2O2S/c7-5-3(8)1-2-4(6(5)9)11-14(10,12)13/h1-2,11H,(H2,10,12,13). The first-order valence-corrected chi connectivity index (χ1v) is 5.59. The molecule has 4 nitrogen and oxygen atoms in total. The summed E-state index contributed by atoms with van der Waals surface area (Å²) in [5.41, 5.74) is -0.416. The van der Waals surface area contributed by atoms with E-state index in [0.29, 0.717) is 0 Å². The summed E-state index contributed by atoms with van der Waals surface area (Å²) in [6, 6.07) is 1.83. The number of hydrogen-bond donors (Lipinski definition) is 2. The van der Waals surface area contributed by atoms with Crippen LogP contribution in [0.1, 0.15) is 0 Å². The molecule has 0 radical (unpaired) electrons.